The van der Waals surface area contributed by atoms with Crippen molar-refractivity contribution >= 4 is 17.6 Å². The molecular weight excluding hydrogens is 340 g/mol. The molecule has 1 atom stereocenters. The van der Waals surface area contributed by atoms with Gasteiger partial charge in [0.15, 0.2) is 0 Å². The van der Waals surface area contributed by atoms with Gasteiger partial charge in [-0.15, -0.1) is 0 Å². The van der Waals surface area contributed by atoms with Gasteiger partial charge in [0.1, 0.15) is 5.82 Å². The number of benzene rings is 1. The van der Waals surface area contributed by atoms with Crippen molar-refractivity contribution in [2.75, 3.05) is 6.61 Å². The molecular formula is C19H23ClN2O3. The molecule has 0 aliphatic rings. The highest BCUT2D eigenvalue weighted by molar-refractivity contribution is 6.30. The summed E-state index contributed by atoms with van der Waals surface area (Å²) >= 11 is 5.92. The molecule has 2 rings (SSSR count). The van der Waals surface area contributed by atoms with Gasteiger partial charge in [0, 0.05) is 22.6 Å². The Kier molecular flexibility index (Phi) is 6.76. The predicted molar refractivity (Wildman–Crippen MR) is 99.0 cm³/mol. The number of H-pyrrole nitrogens is 1. The number of hydrogen-bond donors (Lipinski definition) is 1. The minimum absolute atomic E-state index is 0.116. The molecule has 0 radical (unpaired) electrons. The van der Waals surface area contributed by atoms with Gasteiger partial charge in [-0.3, -0.25) is 9.59 Å². The van der Waals surface area contributed by atoms with Crippen molar-refractivity contribution in [3.05, 3.63) is 50.9 Å². The van der Waals surface area contributed by atoms with Crippen LogP contribution in [0.25, 0.3) is 11.4 Å². The van der Waals surface area contributed by atoms with Crippen molar-refractivity contribution in [2.45, 2.75) is 46.0 Å². The van der Waals surface area contributed by atoms with Gasteiger partial charge in [-0.1, -0.05) is 25.4 Å². The second-order valence-corrected chi connectivity index (χ2v) is 6.34. The van der Waals surface area contributed by atoms with Gasteiger partial charge in [0.05, 0.1) is 12.3 Å². The third-order valence-corrected chi connectivity index (χ3v) is 4.38. The van der Waals surface area contributed by atoms with E-state index in [0.29, 0.717) is 29.4 Å². The third kappa shape index (κ3) is 4.92. The molecule has 5 nitrogen and oxygen atoms in total. The number of halogens is 1. The summed E-state index contributed by atoms with van der Waals surface area (Å²) in [6.07, 6.45) is 1.34. The van der Waals surface area contributed by atoms with Crippen LogP contribution in [0.3, 0.4) is 0 Å². The number of nitrogens with zero attached hydrogens (tertiary/aromatic N) is 1. The fraction of sp³-hybridized carbons (Fsp3) is 0.421. The lowest BCUT2D eigenvalue weighted by molar-refractivity contribution is -0.143. The Morgan fingerprint density at radius 1 is 1.28 bits per heavy atom. The smallest absolute Gasteiger partial charge is 0.306 e. The zero-order valence-corrected chi connectivity index (χ0v) is 15.5. The molecule has 0 saturated heterocycles. The summed E-state index contributed by atoms with van der Waals surface area (Å²) in [6.45, 7) is 6.17. The van der Waals surface area contributed by atoms with Crippen LogP contribution in [-0.4, -0.2) is 22.5 Å². The van der Waals surface area contributed by atoms with E-state index in [1.807, 2.05) is 26.0 Å². The Hall–Kier alpha value is -2.14. The molecule has 1 N–H and O–H groups in total. The van der Waals surface area contributed by atoms with Crippen LogP contribution in [0, 0.1) is 0 Å². The van der Waals surface area contributed by atoms with Crippen LogP contribution >= 0.6 is 11.6 Å². The molecule has 1 aromatic carbocycles. The summed E-state index contributed by atoms with van der Waals surface area (Å²) in [5.74, 6) is 0.321. The van der Waals surface area contributed by atoms with Crippen LogP contribution in [0.1, 0.15) is 50.8 Å². The highest BCUT2D eigenvalue weighted by Gasteiger charge is 2.18. The van der Waals surface area contributed by atoms with E-state index in [2.05, 4.69) is 9.97 Å². The number of aromatic amines is 1. The molecule has 0 unspecified atom stereocenters. The fourth-order valence-electron chi connectivity index (χ4n) is 2.56. The summed E-state index contributed by atoms with van der Waals surface area (Å²) in [6, 6.07) is 7.15. The molecule has 0 amide bonds. The lowest BCUT2D eigenvalue weighted by Crippen LogP contribution is -2.21. The lowest BCUT2D eigenvalue weighted by Gasteiger charge is -2.15. The number of esters is 1. The van der Waals surface area contributed by atoms with Gasteiger partial charge >= 0.3 is 5.97 Å². The van der Waals surface area contributed by atoms with Crippen molar-refractivity contribution < 1.29 is 9.53 Å². The first kappa shape index (κ1) is 19.2. The minimum atomic E-state index is -0.307. The molecule has 0 aliphatic carbocycles. The first-order valence-corrected chi connectivity index (χ1v) is 8.88. The molecule has 1 heterocycles. The summed E-state index contributed by atoms with van der Waals surface area (Å²) in [5.41, 5.74) is 1.88. The highest BCUT2D eigenvalue weighted by Crippen LogP contribution is 2.23. The van der Waals surface area contributed by atoms with Crippen molar-refractivity contribution in [1.82, 2.24) is 9.97 Å². The van der Waals surface area contributed by atoms with E-state index in [1.54, 1.807) is 19.1 Å². The minimum Gasteiger partial charge on any atom is -0.466 e. The van der Waals surface area contributed by atoms with Crippen molar-refractivity contribution in [2.24, 2.45) is 0 Å². The first-order chi connectivity index (χ1) is 12.0. The number of rotatable bonds is 7. The molecule has 6 heteroatoms. The quantitative estimate of drug-likeness (QED) is 0.752. The summed E-state index contributed by atoms with van der Waals surface area (Å²) in [4.78, 5) is 31.8. The highest BCUT2D eigenvalue weighted by atomic mass is 35.5. The first-order valence-electron chi connectivity index (χ1n) is 8.50. The molecule has 1 aromatic heterocycles. The van der Waals surface area contributed by atoms with Gasteiger partial charge < -0.3 is 9.72 Å². The van der Waals surface area contributed by atoms with Crippen LogP contribution in [0.4, 0.5) is 0 Å². The van der Waals surface area contributed by atoms with Gasteiger partial charge in [-0.05, 0) is 49.9 Å². The molecule has 0 bridgehead atoms. The number of nitrogens with one attached hydrogen (secondary N) is 1. The standard InChI is InChI=1S/C19H23ClN2O3/c1-4-12(3)17-15(10-11-16(23)25-5-2)19(24)22-18(21-17)13-6-8-14(20)9-7-13/h6-9,12H,4-5,10-11H2,1-3H3,(H,21,22,24)/t12-/m1/s1. The summed E-state index contributed by atoms with van der Waals surface area (Å²) in [7, 11) is 0. The number of carbonyl (C=O) groups excluding carboxylic acids is 1. The Balaban J connectivity index is 2.40. The second-order valence-electron chi connectivity index (χ2n) is 5.90. The van der Waals surface area contributed by atoms with Gasteiger partial charge in [0.25, 0.3) is 5.56 Å². The average Bonchev–Trinajstić information content (AvgIpc) is 2.60. The fourth-order valence-corrected chi connectivity index (χ4v) is 2.69. The van der Waals surface area contributed by atoms with Crippen LogP contribution in [0.15, 0.2) is 29.1 Å². The second kappa shape index (κ2) is 8.81. The van der Waals surface area contributed by atoms with E-state index >= 15 is 0 Å². The van der Waals surface area contributed by atoms with Crippen molar-refractivity contribution in [3.63, 3.8) is 0 Å². The monoisotopic (exact) mass is 362 g/mol. The van der Waals surface area contributed by atoms with E-state index in [1.165, 1.54) is 0 Å². The number of hydrogen-bond acceptors (Lipinski definition) is 4. The Morgan fingerprint density at radius 2 is 1.96 bits per heavy atom. The van der Waals surface area contributed by atoms with Crippen LogP contribution < -0.4 is 5.56 Å². The van der Waals surface area contributed by atoms with Crippen LogP contribution in [-0.2, 0) is 16.0 Å². The third-order valence-electron chi connectivity index (χ3n) is 4.13. The van der Waals surface area contributed by atoms with Gasteiger partial charge in [-0.2, -0.15) is 0 Å². The normalized spacial score (nSPS) is 12.0. The number of carbonyl (C=O) groups is 1. The topological polar surface area (TPSA) is 72.0 Å². The molecule has 25 heavy (non-hydrogen) atoms. The molecule has 0 fully saturated rings. The van der Waals surface area contributed by atoms with Crippen molar-refractivity contribution in [3.8, 4) is 11.4 Å². The summed E-state index contributed by atoms with van der Waals surface area (Å²) < 4.78 is 4.95. The molecule has 0 saturated carbocycles. The lowest BCUT2D eigenvalue weighted by atomic mass is 9.97. The zero-order valence-electron chi connectivity index (χ0n) is 14.8. The van der Waals surface area contributed by atoms with E-state index < -0.39 is 0 Å². The van der Waals surface area contributed by atoms with Crippen molar-refractivity contribution in [1.29, 1.82) is 0 Å². The Bertz CT molecular complexity index is 784. The molecule has 0 spiro atoms. The average molecular weight is 363 g/mol. The Morgan fingerprint density at radius 3 is 2.56 bits per heavy atom. The van der Waals surface area contributed by atoms with E-state index in [9.17, 15) is 9.59 Å². The summed E-state index contributed by atoms with van der Waals surface area (Å²) in [5, 5.41) is 0.624. The molecule has 134 valence electrons. The van der Waals surface area contributed by atoms with E-state index in [-0.39, 0.29) is 23.9 Å². The van der Waals surface area contributed by atoms with E-state index in [0.717, 1.165) is 17.7 Å². The SMILES string of the molecule is CCOC(=O)CCc1c([C@H](C)CC)nc(-c2ccc(Cl)cc2)[nH]c1=O. The van der Waals surface area contributed by atoms with Gasteiger partial charge in [0.2, 0.25) is 0 Å². The predicted octanol–water partition coefficient (Wildman–Crippen LogP) is 4.10. The Labute approximate surface area is 152 Å². The number of aromatic nitrogens is 2. The maximum atomic E-state index is 12.6. The number of ether oxygens (including phenoxy) is 1. The molecule has 0 aliphatic heterocycles. The maximum absolute atomic E-state index is 12.6. The van der Waals surface area contributed by atoms with Crippen LogP contribution in [0.2, 0.25) is 5.02 Å². The largest absolute Gasteiger partial charge is 0.466 e. The molecule has 2 aromatic rings. The zero-order chi connectivity index (χ0) is 18.4. The van der Waals surface area contributed by atoms with Gasteiger partial charge in [-0.25, -0.2) is 4.98 Å². The maximum Gasteiger partial charge on any atom is 0.306 e. The van der Waals surface area contributed by atoms with Crippen LogP contribution in [0.5, 0.6) is 0 Å². The van der Waals surface area contributed by atoms with E-state index in [4.69, 9.17) is 16.3 Å².